The number of nitrogens with one attached hydrogen (secondary N) is 2. The Hall–Kier alpha value is -1.51. The van der Waals surface area contributed by atoms with Crippen molar-refractivity contribution in [2.24, 2.45) is 0 Å². The molecule has 1 aromatic rings. The highest BCUT2D eigenvalue weighted by Gasteiger charge is 2.10. The Morgan fingerprint density at radius 2 is 1.89 bits per heavy atom. The second kappa shape index (κ2) is 7.75. The van der Waals surface area contributed by atoms with Crippen LogP contribution in [0, 0.1) is 0 Å². The average molecular weight is 248 g/mol. The third-order valence-electron chi connectivity index (χ3n) is 2.90. The molecule has 1 aromatic carbocycles. The van der Waals surface area contributed by atoms with Gasteiger partial charge in [0.15, 0.2) is 0 Å². The van der Waals surface area contributed by atoms with Crippen LogP contribution in [0.5, 0.6) is 0 Å². The van der Waals surface area contributed by atoms with E-state index in [-0.39, 0.29) is 11.9 Å². The van der Waals surface area contributed by atoms with Crippen molar-refractivity contribution < 1.29 is 4.79 Å². The van der Waals surface area contributed by atoms with Crippen molar-refractivity contribution in [3.05, 3.63) is 29.8 Å². The number of aryl methyl sites for hydroxylation is 1. The van der Waals surface area contributed by atoms with E-state index in [0.29, 0.717) is 6.54 Å². The van der Waals surface area contributed by atoms with Crippen LogP contribution in [0.25, 0.3) is 0 Å². The number of carbonyl (C=O) groups is 1. The molecule has 100 valence electrons. The molecule has 3 heteroatoms. The molecular formula is C15H24N2O. The van der Waals surface area contributed by atoms with Crippen LogP contribution in [-0.4, -0.2) is 18.5 Å². The maximum atomic E-state index is 11.6. The molecule has 0 aliphatic rings. The summed E-state index contributed by atoms with van der Waals surface area (Å²) in [6, 6.07) is 8.14. The third kappa shape index (κ3) is 4.78. The average Bonchev–Trinajstić information content (AvgIpc) is 2.38. The number of likely N-dealkylation sites (N-methyl/N-ethyl adjacent to an activating group) is 1. The van der Waals surface area contributed by atoms with Gasteiger partial charge in [0.05, 0.1) is 0 Å². The predicted molar refractivity (Wildman–Crippen MR) is 76.8 cm³/mol. The highest BCUT2D eigenvalue weighted by atomic mass is 16.2. The van der Waals surface area contributed by atoms with E-state index in [1.165, 1.54) is 18.4 Å². The molecular weight excluding hydrogens is 224 g/mol. The van der Waals surface area contributed by atoms with E-state index >= 15 is 0 Å². The van der Waals surface area contributed by atoms with Crippen LogP contribution in [0.1, 0.15) is 39.2 Å². The van der Waals surface area contributed by atoms with Gasteiger partial charge in [-0.25, -0.2) is 0 Å². The summed E-state index contributed by atoms with van der Waals surface area (Å²) >= 11 is 0. The van der Waals surface area contributed by atoms with Crippen molar-refractivity contribution in [1.82, 2.24) is 5.32 Å². The molecule has 2 N–H and O–H groups in total. The van der Waals surface area contributed by atoms with Gasteiger partial charge < -0.3 is 10.6 Å². The number of benzene rings is 1. The van der Waals surface area contributed by atoms with E-state index in [2.05, 4.69) is 29.7 Å². The number of anilines is 1. The summed E-state index contributed by atoms with van der Waals surface area (Å²) in [6.45, 7) is 6.66. The lowest BCUT2D eigenvalue weighted by atomic mass is 10.1. The van der Waals surface area contributed by atoms with Crippen molar-refractivity contribution in [2.45, 2.75) is 46.1 Å². The Balaban J connectivity index is 2.50. The first-order valence-corrected chi connectivity index (χ1v) is 6.80. The molecule has 0 radical (unpaired) electrons. The molecule has 0 heterocycles. The SMILES string of the molecule is CCCCc1ccc(NC(C)C(=O)NCC)cc1. The molecule has 18 heavy (non-hydrogen) atoms. The topological polar surface area (TPSA) is 41.1 Å². The van der Waals surface area contributed by atoms with Crippen LogP contribution >= 0.6 is 0 Å². The first-order chi connectivity index (χ1) is 8.67. The number of hydrogen-bond donors (Lipinski definition) is 2. The summed E-state index contributed by atoms with van der Waals surface area (Å²) < 4.78 is 0. The molecule has 0 saturated carbocycles. The molecule has 0 fully saturated rings. The molecule has 0 saturated heterocycles. The highest BCUT2D eigenvalue weighted by Crippen LogP contribution is 2.12. The molecule has 3 nitrogen and oxygen atoms in total. The second-order valence-corrected chi connectivity index (χ2v) is 4.56. The zero-order valence-corrected chi connectivity index (χ0v) is 11.6. The van der Waals surface area contributed by atoms with E-state index in [1.807, 2.05) is 26.0 Å². The van der Waals surface area contributed by atoms with E-state index in [4.69, 9.17) is 0 Å². The van der Waals surface area contributed by atoms with Crippen molar-refractivity contribution in [3.63, 3.8) is 0 Å². The summed E-state index contributed by atoms with van der Waals surface area (Å²) in [5.41, 5.74) is 2.35. The van der Waals surface area contributed by atoms with Gasteiger partial charge in [0.25, 0.3) is 0 Å². The van der Waals surface area contributed by atoms with Gasteiger partial charge in [-0.3, -0.25) is 4.79 Å². The standard InChI is InChI=1S/C15H24N2O/c1-4-6-7-13-8-10-14(11-9-13)17-12(3)15(18)16-5-2/h8-12,17H,4-7H2,1-3H3,(H,16,18). The number of carbonyl (C=O) groups excluding carboxylic acids is 1. The van der Waals surface area contributed by atoms with Gasteiger partial charge >= 0.3 is 0 Å². The lowest BCUT2D eigenvalue weighted by molar-refractivity contribution is -0.121. The molecule has 0 aliphatic heterocycles. The minimum absolute atomic E-state index is 0.0348. The van der Waals surface area contributed by atoms with Gasteiger partial charge in [0, 0.05) is 12.2 Å². The van der Waals surface area contributed by atoms with Crippen LogP contribution in [0.2, 0.25) is 0 Å². The zero-order chi connectivity index (χ0) is 13.4. The fraction of sp³-hybridized carbons (Fsp3) is 0.533. The van der Waals surface area contributed by atoms with Crippen molar-refractivity contribution >= 4 is 11.6 Å². The van der Waals surface area contributed by atoms with Gasteiger partial charge in [-0.05, 0) is 44.4 Å². The van der Waals surface area contributed by atoms with Crippen LogP contribution in [0.3, 0.4) is 0 Å². The largest absolute Gasteiger partial charge is 0.374 e. The maximum absolute atomic E-state index is 11.6. The van der Waals surface area contributed by atoms with E-state index in [1.54, 1.807) is 0 Å². The monoisotopic (exact) mass is 248 g/mol. The maximum Gasteiger partial charge on any atom is 0.242 e. The molecule has 0 bridgehead atoms. The summed E-state index contributed by atoms with van der Waals surface area (Å²) in [7, 11) is 0. The van der Waals surface area contributed by atoms with Gasteiger partial charge in [-0.1, -0.05) is 25.5 Å². The van der Waals surface area contributed by atoms with E-state index in [9.17, 15) is 4.79 Å². The molecule has 0 aliphatic carbocycles. The van der Waals surface area contributed by atoms with Gasteiger partial charge in [0.2, 0.25) is 5.91 Å². The minimum atomic E-state index is -0.202. The zero-order valence-electron chi connectivity index (χ0n) is 11.6. The van der Waals surface area contributed by atoms with Crippen LogP contribution in [0.4, 0.5) is 5.69 Å². The highest BCUT2D eigenvalue weighted by molar-refractivity contribution is 5.84. The Morgan fingerprint density at radius 3 is 2.44 bits per heavy atom. The second-order valence-electron chi connectivity index (χ2n) is 4.56. The molecule has 1 rings (SSSR count). The van der Waals surface area contributed by atoms with Crippen molar-refractivity contribution in [2.75, 3.05) is 11.9 Å². The summed E-state index contributed by atoms with van der Waals surface area (Å²) in [5, 5.41) is 6.00. The first-order valence-electron chi connectivity index (χ1n) is 6.80. The summed E-state index contributed by atoms with van der Waals surface area (Å²) in [5.74, 6) is 0.0348. The number of amides is 1. The minimum Gasteiger partial charge on any atom is -0.374 e. The van der Waals surface area contributed by atoms with Gasteiger partial charge in [-0.2, -0.15) is 0 Å². The number of rotatable bonds is 7. The van der Waals surface area contributed by atoms with Gasteiger partial charge in [0.1, 0.15) is 6.04 Å². The molecule has 0 spiro atoms. The smallest absolute Gasteiger partial charge is 0.242 e. The summed E-state index contributed by atoms with van der Waals surface area (Å²) in [4.78, 5) is 11.6. The number of unbranched alkanes of at least 4 members (excludes halogenated alkanes) is 1. The van der Waals surface area contributed by atoms with E-state index in [0.717, 1.165) is 12.1 Å². The molecule has 1 amide bonds. The fourth-order valence-electron chi connectivity index (χ4n) is 1.79. The molecule has 0 aromatic heterocycles. The third-order valence-corrected chi connectivity index (χ3v) is 2.90. The molecule has 1 unspecified atom stereocenters. The normalized spacial score (nSPS) is 11.9. The number of hydrogen-bond acceptors (Lipinski definition) is 2. The quantitative estimate of drug-likeness (QED) is 0.779. The first kappa shape index (κ1) is 14.6. The van der Waals surface area contributed by atoms with Crippen LogP contribution in [0.15, 0.2) is 24.3 Å². The van der Waals surface area contributed by atoms with Crippen molar-refractivity contribution in [1.29, 1.82) is 0 Å². The molecule has 1 atom stereocenters. The summed E-state index contributed by atoms with van der Waals surface area (Å²) in [6.07, 6.45) is 3.57. The Bertz CT molecular complexity index is 359. The van der Waals surface area contributed by atoms with Gasteiger partial charge in [-0.15, -0.1) is 0 Å². The Kier molecular flexibility index (Phi) is 6.26. The lowest BCUT2D eigenvalue weighted by Crippen LogP contribution is -2.37. The Labute approximate surface area is 110 Å². The van der Waals surface area contributed by atoms with Crippen LogP contribution < -0.4 is 10.6 Å². The Morgan fingerprint density at radius 1 is 1.22 bits per heavy atom. The van der Waals surface area contributed by atoms with Crippen molar-refractivity contribution in [3.8, 4) is 0 Å². The lowest BCUT2D eigenvalue weighted by Gasteiger charge is -2.14. The fourth-order valence-corrected chi connectivity index (χ4v) is 1.79. The predicted octanol–water partition coefficient (Wildman–Crippen LogP) is 2.97. The van der Waals surface area contributed by atoms with E-state index < -0.39 is 0 Å². The van der Waals surface area contributed by atoms with Crippen LogP contribution in [-0.2, 0) is 11.2 Å².